The molecule has 0 saturated carbocycles. The highest BCUT2D eigenvalue weighted by atomic mass is 79.9. The van der Waals surface area contributed by atoms with E-state index in [0.29, 0.717) is 26.4 Å². The molecule has 8 heteroatoms. The predicted molar refractivity (Wildman–Crippen MR) is 111 cm³/mol. The minimum Gasteiger partial charge on any atom is -0.485 e. The first kappa shape index (κ1) is 21.5. The normalized spacial score (nSPS) is 26.4. The van der Waals surface area contributed by atoms with Gasteiger partial charge in [0.15, 0.2) is 0 Å². The molecular formula is C20H22Br2O6. The number of aliphatic hydroxyl groups is 2. The molecule has 2 aromatic carbocycles. The van der Waals surface area contributed by atoms with Crippen molar-refractivity contribution < 1.29 is 29.2 Å². The Morgan fingerprint density at radius 3 is 1.29 bits per heavy atom. The van der Waals surface area contributed by atoms with E-state index in [2.05, 4.69) is 31.9 Å². The van der Waals surface area contributed by atoms with Crippen LogP contribution in [-0.4, -0.2) is 61.1 Å². The first-order chi connectivity index (χ1) is 13.5. The zero-order valence-electron chi connectivity index (χ0n) is 15.0. The maximum atomic E-state index is 9.45. The summed E-state index contributed by atoms with van der Waals surface area (Å²) in [5.41, 5.74) is 0. The van der Waals surface area contributed by atoms with E-state index < -0.39 is 12.2 Å². The summed E-state index contributed by atoms with van der Waals surface area (Å²) in [5.74, 6) is 1.51. The van der Waals surface area contributed by atoms with E-state index in [1.54, 1.807) is 0 Å². The van der Waals surface area contributed by atoms with E-state index in [-0.39, 0.29) is 12.2 Å². The molecule has 2 aliphatic heterocycles. The van der Waals surface area contributed by atoms with Crippen molar-refractivity contribution in [3.8, 4) is 11.5 Å². The van der Waals surface area contributed by atoms with Gasteiger partial charge in [-0.1, -0.05) is 31.9 Å². The quantitative estimate of drug-likeness (QED) is 0.648. The third-order valence-electron chi connectivity index (χ3n) is 4.20. The van der Waals surface area contributed by atoms with Crippen LogP contribution in [0, 0.1) is 0 Å². The Bertz CT molecular complexity index is 661. The second-order valence-electron chi connectivity index (χ2n) is 6.43. The summed E-state index contributed by atoms with van der Waals surface area (Å²) in [4.78, 5) is 0. The zero-order valence-corrected chi connectivity index (χ0v) is 18.2. The maximum absolute atomic E-state index is 9.45. The lowest BCUT2D eigenvalue weighted by Crippen LogP contribution is -2.29. The van der Waals surface area contributed by atoms with Gasteiger partial charge in [-0.2, -0.15) is 0 Å². The average molecular weight is 518 g/mol. The number of hydrogen-bond donors (Lipinski definition) is 2. The van der Waals surface area contributed by atoms with Crippen LogP contribution in [0.15, 0.2) is 57.5 Å². The Labute approximate surface area is 180 Å². The largest absolute Gasteiger partial charge is 0.485 e. The lowest BCUT2D eigenvalue weighted by atomic mass is 10.2. The molecule has 4 rings (SSSR count). The van der Waals surface area contributed by atoms with Crippen LogP contribution in [0.25, 0.3) is 0 Å². The van der Waals surface area contributed by atoms with Gasteiger partial charge in [-0.3, -0.25) is 0 Å². The molecule has 2 N–H and O–H groups in total. The van der Waals surface area contributed by atoms with Crippen LogP contribution in [0.2, 0.25) is 0 Å². The van der Waals surface area contributed by atoms with Crippen LogP contribution in [0.4, 0.5) is 0 Å². The summed E-state index contributed by atoms with van der Waals surface area (Å²) in [6.45, 7) is 1.64. The van der Waals surface area contributed by atoms with E-state index in [4.69, 9.17) is 18.9 Å². The van der Waals surface area contributed by atoms with Crippen LogP contribution in [-0.2, 0) is 9.47 Å². The number of hydrogen-bond acceptors (Lipinski definition) is 6. The molecule has 0 aromatic heterocycles. The van der Waals surface area contributed by atoms with Crippen molar-refractivity contribution in [3.05, 3.63) is 57.5 Å². The van der Waals surface area contributed by atoms with E-state index in [9.17, 15) is 10.2 Å². The molecule has 0 unspecified atom stereocenters. The van der Waals surface area contributed by atoms with Crippen molar-refractivity contribution in [1.82, 2.24) is 0 Å². The molecule has 4 atom stereocenters. The summed E-state index contributed by atoms with van der Waals surface area (Å²) < 4.78 is 23.3. The molecule has 0 bridgehead atoms. The smallest absolute Gasteiger partial charge is 0.150 e. The Morgan fingerprint density at radius 2 is 1.00 bits per heavy atom. The van der Waals surface area contributed by atoms with Crippen molar-refractivity contribution in [2.24, 2.45) is 0 Å². The van der Waals surface area contributed by atoms with Crippen LogP contribution >= 0.6 is 31.9 Å². The average Bonchev–Trinajstić information content (AvgIpc) is 3.28. The first-order valence-corrected chi connectivity index (χ1v) is 10.5. The van der Waals surface area contributed by atoms with Crippen LogP contribution in [0.5, 0.6) is 11.5 Å². The number of benzene rings is 2. The fraction of sp³-hybridized carbons (Fsp3) is 0.400. The lowest BCUT2D eigenvalue weighted by Gasteiger charge is -2.14. The van der Waals surface area contributed by atoms with Crippen molar-refractivity contribution >= 4 is 31.9 Å². The molecule has 0 aliphatic carbocycles. The van der Waals surface area contributed by atoms with Crippen LogP contribution < -0.4 is 9.47 Å². The minimum atomic E-state index is -0.515. The van der Waals surface area contributed by atoms with Gasteiger partial charge < -0.3 is 29.2 Å². The molecule has 0 radical (unpaired) electrons. The molecule has 2 heterocycles. The summed E-state index contributed by atoms with van der Waals surface area (Å²) in [6, 6.07) is 15.0. The molecule has 2 aliphatic rings. The summed E-state index contributed by atoms with van der Waals surface area (Å²) in [6.07, 6.45) is -1.51. The second kappa shape index (κ2) is 10.6. The molecule has 0 spiro atoms. The summed E-state index contributed by atoms with van der Waals surface area (Å²) in [5, 5.41) is 18.9. The zero-order chi connectivity index (χ0) is 19.9. The third kappa shape index (κ3) is 6.43. The van der Waals surface area contributed by atoms with Gasteiger partial charge in [0, 0.05) is 8.95 Å². The molecule has 152 valence electrons. The van der Waals surface area contributed by atoms with Crippen molar-refractivity contribution in [2.45, 2.75) is 24.4 Å². The number of halogens is 2. The molecule has 2 saturated heterocycles. The minimum absolute atomic E-state index is 0.240. The number of ether oxygens (including phenoxy) is 4. The Balaban J connectivity index is 0.000000161. The van der Waals surface area contributed by atoms with Gasteiger partial charge in [0.25, 0.3) is 0 Å². The van der Waals surface area contributed by atoms with Gasteiger partial charge in [-0.15, -0.1) is 0 Å². The van der Waals surface area contributed by atoms with Gasteiger partial charge in [0.2, 0.25) is 0 Å². The van der Waals surface area contributed by atoms with E-state index in [0.717, 1.165) is 20.4 Å². The number of rotatable bonds is 4. The molecule has 2 aromatic rings. The van der Waals surface area contributed by atoms with Crippen molar-refractivity contribution in [3.63, 3.8) is 0 Å². The van der Waals surface area contributed by atoms with Gasteiger partial charge >= 0.3 is 0 Å². The van der Waals surface area contributed by atoms with Crippen LogP contribution in [0.1, 0.15) is 0 Å². The Hall–Kier alpha value is -1.16. The van der Waals surface area contributed by atoms with E-state index >= 15 is 0 Å². The Morgan fingerprint density at radius 1 is 0.643 bits per heavy atom. The molecule has 28 heavy (non-hydrogen) atoms. The van der Waals surface area contributed by atoms with Crippen LogP contribution in [0.3, 0.4) is 0 Å². The standard InChI is InChI=1S/2C10H11BrO3/c2*11-7-1-3-8(4-2-7)14-10-6-13-5-9(10)12/h2*1-4,9-10,12H,5-6H2/t2*9-,10-/m10/s1. The maximum Gasteiger partial charge on any atom is 0.150 e. The second-order valence-corrected chi connectivity index (χ2v) is 8.26. The topological polar surface area (TPSA) is 77.4 Å². The predicted octanol–water partition coefficient (Wildman–Crippen LogP) is 3.18. The number of aliphatic hydroxyl groups excluding tert-OH is 2. The lowest BCUT2D eigenvalue weighted by molar-refractivity contribution is 0.0733. The first-order valence-electron chi connectivity index (χ1n) is 8.87. The van der Waals surface area contributed by atoms with Gasteiger partial charge in [0.1, 0.15) is 35.9 Å². The molecular weight excluding hydrogens is 496 g/mol. The highest BCUT2D eigenvalue weighted by molar-refractivity contribution is 9.10. The molecule has 6 nitrogen and oxygen atoms in total. The summed E-state index contributed by atoms with van der Waals surface area (Å²) >= 11 is 6.68. The monoisotopic (exact) mass is 516 g/mol. The molecule has 0 amide bonds. The molecule has 2 fully saturated rings. The summed E-state index contributed by atoms with van der Waals surface area (Å²) in [7, 11) is 0. The van der Waals surface area contributed by atoms with E-state index in [1.165, 1.54) is 0 Å². The Kier molecular flexibility index (Phi) is 8.13. The highest BCUT2D eigenvalue weighted by Crippen LogP contribution is 2.21. The van der Waals surface area contributed by atoms with Crippen molar-refractivity contribution in [1.29, 1.82) is 0 Å². The fourth-order valence-corrected chi connectivity index (χ4v) is 3.18. The van der Waals surface area contributed by atoms with Gasteiger partial charge in [0.05, 0.1) is 26.4 Å². The van der Waals surface area contributed by atoms with Crippen molar-refractivity contribution in [2.75, 3.05) is 26.4 Å². The van der Waals surface area contributed by atoms with Gasteiger partial charge in [-0.05, 0) is 48.5 Å². The third-order valence-corrected chi connectivity index (χ3v) is 5.26. The van der Waals surface area contributed by atoms with Gasteiger partial charge in [-0.25, -0.2) is 0 Å². The SMILES string of the molecule is O[C@@H]1COC[C@H]1Oc1ccc(Br)cc1.O[C@H]1COC[C@@H]1Oc1ccc(Br)cc1. The fourth-order valence-electron chi connectivity index (χ4n) is 2.65. The van der Waals surface area contributed by atoms with E-state index in [1.807, 2.05) is 48.5 Å². The highest BCUT2D eigenvalue weighted by Gasteiger charge is 2.28.